The van der Waals surface area contributed by atoms with Gasteiger partial charge >= 0.3 is 5.97 Å². The molecule has 0 spiro atoms. The molecule has 0 aromatic carbocycles. The zero-order chi connectivity index (χ0) is 15.2. The summed E-state index contributed by atoms with van der Waals surface area (Å²) < 4.78 is 5.30. The second-order valence-electron chi connectivity index (χ2n) is 6.22. The van der Waals surface area contributed by atoms with Crippen molar-refractivity contribution in [2.75, 3.05) is 19.8 Å². The fraction of sp³-hybridized carbons (Fsp3) is 0.733. The highest BCUT2D eigenvalue weighted by atomic mass is 16.5. The summed E-state index contributed by atoms with van der Waals surface area (Å²) in [5.74, 6) is -0.984. The van der Waals surface area contributed by atoms with Gasteiger partial charge in [0.05, 0.1) is 6.42 Å². The van der Waals surface area contributed by atoms with Crippen molar-refractivity contribution in [3.8, 4) is 0 Å². The van der Waals surface area contributed by atoms with Gasteiger partial charge in [-0.1, -0.05) is 26.8 Å². The molecule has 5 nitrogen and oxygen atoms in total. The van der Waals surface area contributed by atoms with Crippen LogP contribution in [0.15, 0.2) is 12.2 Å². The van der Waals surface area contributed by atoms with E-state index in [1.165, 1.54) is 0 Å². The van der Waals surface area contributed by atoms with Gasteiger partial charge in [-0.3, -0.25) is 9.59 Å². The molecule has 20 heavy (non-hydrogen) atoms. The maximum atomic E-state index is 12.3. The van der Waals surface area contributed by atoms with Crippen molar-refractivity contribution in [1.82, 2.24) is 4.90 Å². The summed E-state index contributed by atoms with van der Waals surface area (Å²) in [4.78, 5) is 24.7. The van der Waals surface area contributed by atoms with Gasteiger partial charge < -0.3 is 14.7 Å². The zero-order valence-electron chi connectivity index (χ0n) is 12.6. The van der Waals surface area contributed by atoms with Crippen molar-refractivity contribution in [3.05, 3.63) is 12.2 Å². The van der Waals surface area contributed by atoms with Crippen LogP contribution in [0.1, 0.15) is 40.0 Å². The van der Waals surface area contributed by atoms with Gasteiger partial charge in [0.25, 0.3) is 0 Å². The summed E-state index contributed by atoms with van der Waals surface area (Å²) in [6.45, 7) is 7.58. The Labute approximate surface area is 120 Å². The molecule has 0 aliphatic carbocycles. The van der Waals surface area contributed by atoms with E-state index in [9.17, 15) is 9.59 Å². The number of ether oxygens (including phenoxy) is 1. The topological polar surface area (TPSA) is 66.8 Å². The van der Waals surface area contributed by atoms with Crippen LogP contribution < -0.4 is 0 Å². The first-order valence-electron chi connectivity index (χ1n) is 7.09. The summed E-state index contributed by atoms with van der Waals surface area (Å²) in [5, 5.41) is 8.82. The highest BCUT2D eigenvalue weighted by Gasteiger charge is 2.25. The number of carboxylic acid groups (broad SMARTS) is 1. The molecule has 0 bridgehead atoms. The lowest BCUT2D eigenvalue weighted by Gasteiger charge is -2.33. The lowest BCUT2D eigenvalue weighted by Crippen LogP contribution is -2.43. The Hall–Kier alpha value is -1.36. The molecule has 0 radical (unpaired) electrons. The molecule has 1 heterocycles. The van der Waals surface area contributed by atoms with E-state index in [4.69, 9.17) is 9.84 Å². The third kappa shape index (κ3) is 6.19. The molecular weight excluding hydrogens is 258 g/mol. The van der Waals surface area contributed by atoms with Crippen molar-refractivity contribution in [3.63, 3.8) is 0 Å². The molecule has 1 fully saturated rings. The lowest BCUT2D eigenvalue weighted by atomic mass is 9.96. The Bertz CT molecular complexity index is 365. The first kappa shape index (κ1) is 16.7. The Kier molecular flexibility index (Phi) is 6.20. The van der Waals surface area contributed by atoms with Gasteiger partial charge in [-0.15, -0.1) is 0 Å². The van der Waals surface area contributed by atoms with E-state index in [-0.39, 0.29) is 30.3 Å². The minimum atomic E-state index is -0.880. The summed E-state index contributed by atoms with van der Waals surface area (Å²) in [7, 11) is 0. The number of carbonyl (C=O) groups is 2. The van der Waals surface area contributed by atoms with E-state index in [2.05, 4.69) is 0 Å². The normalized spacial score (nSPS) is 17.4. The standard InChI is InChI=1S/C15H25NO4/c1-15(2,3)8-4-13(17)16(9-5-14(18)19)12-6-10-20-11-7-12/h4,8,12H,5-7,9-11H2,1-3H3,(H,18,19). The number of rotatable bonds is 5. The molecule has 1 aliphatic heterocycles. The maximum Gasteiger partial charge on any atom is 0.305 e. The van der Waals surface area contributed by atoms with Crippen molar-refractivity contribution in [2.24, 2.45) is 5.41 Å². The fourth-order valence-corrected chi connectivity index (χ4v) is 2.10. The molecule has 0 unspecified atom stereocenters. The van der Waals surface area contributed by atoms with Gasteiger partial charge in [-0.2, -0.15) is 0 Å². The molecular formula is C15H25NO4. The van der Waals surface area contributed by atoms with Crippen molar-refractivity contribution >= 4 is 11.9 Å². The van der Waals surface area contributed by atoms with Gasteiger partial charge in [0.2, 0.25) is 5.91 Å². The lowest BCUT2D eigenvalue weighted by molar-refractivity contribution is -0.138. The number of nitrogens with zero attached hydrogens (tertiary/aromatic N) is 1. The minimum Gasteiger partial charge on any atom is -0.481 e. The molecule has 0 aromatic rings. The number of allylic oxidation sites excluding steroid dienone is 1. The number of carboxylic acids is 1. The third-order valence-corrected chi connectivity index (χ3v) is 3.21. The van der Waals surface area contributed by atoms with Crippen LogP contribution in [-0.2, 0) is 14.3 Å². The van der Waals surface area contributed by atoms with Gasteiger partial charge in [-0.25, -0.2) is 0 Å². The van der Waals surface area contributed by atoms with Crippen LogP contribution in [0.25, 0.3) is 0 Å². The highest BCUT2D eigenvalue weighted by Crippen LogP contribution is 2.18. The second-order valence-corrected chi connectivity index (χ2v) is 6.22. The van der Waals surface area contributed by atoms with E-state index < -0.39 is 5.97 Å². The minimum absolute atomic E-state index is 0.0214. The van der Waals surface area contributed by atoms with E-state index in [1.54, 1.807) is 11.0 Å². The van der Waals surface area contributed by atoms with E-state index >= 15 is 0 Å². The van der Waals surface area contributed by atoms with Gasteiger partial charge in [-0.05, 0) is 24.3 Å². The summed E-state index contributed by atoms with van der Waals surface area (Å²) in [5.41, 5.74) is -0.0657. The predicted molar refractivity (Wildman–Crippen MR) is 76.4 cm³/mol. The predicted octanol–water partition coefficient (Wildman–Crippen LogP) is 2.07. The quantitative estimate of drug-likeness (QED) is 0.784. The van der Waals surface area contributed by atoms with Crippen LogP contribution in [-0.4, -0.2) is 47.7 Å². The molecule has 1 saturated heterocycles. The van der Waals surface area contributed by atoms with E-state index in [0.717, 1.165) is 12.8 Å². The van der Waals surface area contributed by atoms with Crippen LogP contribution in [0, 0.1) is 5.41 Å². The molecule has 1 amide bonds. The number of carbonyl (C=O) groups excluding carboxylic acids is 1. The molecule has 1 rings (SSSR count). The average molecular weight is 283 g/mol. The average Bonchev–Trinajstić information content (AvgIpc) is 2.36. The van der Waals surface area contributed by atoms with E-state index in [0.29, 0.717) is 13.2 Å². The first-order chi connectivity index (χ1) is 9.29. The molecule has 1 aliphatic rings. The Balaban J connectivity index is 2.72. The molecule has 0 aromatic heterocycles. The Morgan fingerprint density at radius 1 is 1.30 bits per heavy atom. The second kappa shape index (κ2) is 7.43. The van der Waals surface area contributed by atoms with Crippen LogP contribution >= 0.6 is 0 Å². The number of hydrogen-bond donors (Lipinski definition) is 1. The number of hydrogen-bond acceptors (Lipinski definition) is 3. The van der Waals surface area contributed by atoms with Gasteiger partial charge in [0.15, 0.2) is 0 Å². The van der Waals surface area contributed by atoms with Crippen molar-refractivity contribution < 1.29 is 19.4 Å². The van der Waals surface area contributed by atoms with Crippen molar-refractivity contribution in [1.29, 1.82) is 0 Å². The van der Waals surface area contributed by atoms with Gasteiger partial charge in [0, 0.05) is 25.8 Å². The molecule has 0 saturated carbocycles. The van der Waals surface area contributed by atoms with Crippen molar-refractivity contribution in [2.45, 2.75) is 46.1 Å². The number of aliphatic carboxylic acids is 1. The number of amides is 1. The summed E-state index contributed by atoms with van der Waals surface area (Å²) >= 11 is 0. The van der Waals surface area contributed by atoms with Crippen LogP contribution in [0.2, 0.25) is 0 Å². The SMILES string of the molecule is CC(C)(C)C=CC(=O)N(CCC(=O)O)C1CCOCC1. The third-order valence-electron chi connectivity index (χ3n) is 3.21. The Morgan fingerprint density at radius 3 is 2.40 bits per heavy atom. The van der Waals surface area contributed by atoms with Gasteiger partial charge in [0.1, 0.15) is 0 Å². The largest absolute Gasteiger partial charge is 0.481 e. The smallest absolute Gasteiger partial charge is 0.305 e. The summed E-state index contributed by atoms with van der Waals surface area (Å²) in [6.07, 6.45) is 4.95. The maximum absolute atomic E-state index is 12.3. The molecule has 114 valence electrons. The first-order valence-corrected chi connectivity index (χ1v) is 7.09. The zero-order valence-corrected chi connectivity index (χ0v) is 12.6. The Morgan fingerprint density at radius 2 is 1.90 bits per heavy atom. The van der Waals surface area contributed by atoms with Crippen LogP contribution in [0.3, 0.4) is 0 Å². The van der Waals surface area contributed by atoms with Crippen LogP contribution in [0.4, 0.5) is 0 Å². The molecule has 5 heteroatoms. The van der Waals surface area contributed by atoms with Crippen LogP contribution in [0.5, 0.6) is 0 Å². The molecule has 1 N–H and O–H groups in total. The highest BCUT2D eigenvalue weighted by molar-refractivity contribution is 5.88. The molecule has 0 atom stereocenters. The van der Waals surface area contributed by atoms with E-state index in [1.807, 2.05) is 26.8 Å². The monoisotopic (exact) mass is 283 g/mol. The fourth-order valence-electron chi connectivity index (χ4n) is 2.10. The summed E-state index contributed by atoms with van der Waals surface area (Å²) in [6, 6.07) is 0.0835.